The lowest BCUT2D eigenvalue weighted by atomic mass is 10.2. The Hall–Kier alpha value is -1.67. The minimum Gasteiger partial charge on any atom is -0.396 e. The highest BCUT2D eigenvalue weighted by atomic mass is 16.2. The van der Waals surface area contributed by atoms with Crippen molar-refractivity contribution in [2.24, 2.45) is 5.84 Å². The lowest BCUT2D eigenvalue weighted by Crippen LogP contribution is -2.19. The van der Waals surface area contributed by atoms with Gasteiger partial charge in [-0.25, -0.2) is 5.84 Å². The fourth-order valence-corrected chi connectivity index (χ4v) is 1.32. The summed E-state index contributed by atoms with van der Waals surface area (Å²) in [7, 11) is 3.70. The van der Waals surface area contributed by atoms with Crippen molar-refractivity contribution in [3.63, 3.8) is 0 Å². The summed E-state index contributed by atoms with van der Waals surface area (Å²) in [5.41, 5.74) is 2.41. The van der Waals surface area contributed by atoms with Crippen LogP contribution in [0.3, 0.4) is 0 Å². The molecule has 1 rings (SSSR count). The molecular weight excluding hydrogens is 234 g/mol. The van der Waals surface area contributed by atoms with Crippen LogP contribution in [-0.4, -0.2) is 47.3 Å². The van der Waals surface area contributed by atoms with Gasteiger partial charge in [-0.1, -0.05) is 0 Å². The molecule has 0 atom stereocenters. The van der Waals surface area contributed by atoms with Gasteiger partial charge in [0.2, 0.25) is 17.8 Å². The van der Waals surface area contributed by atoms with Crippen LogP contribution in [-0.2, 0) is 0 Å². The van der Waals surface area contributed by atoms with E-state index in [4.69, 9.17) is 10.9 Å². The van der Waals surface area contributed by atoms with Crippen LogP contribution in [0, 0.1) is 0 Å². The molecule has 1 aromatic rings. The fourth-order valence-electron chi connectivity index (χ4n) is 1.32. The van der Waals surface area contributed by atoms with Gasteiger partial charge in [0.05, 0.1) is 0 Å². The molecule has 102 valence electrons. The van der Waals surface area contributed by atoms with E-state index in [0.717, 1.165) is 25.8 Å². The molecule has 1 aromatic heterocycles. The number of rotatable bonds is 8. The van der Waals surface area contributed by atoms with Crippen LogP contribution in [0.5, 0.6) is 0 Å². The third kappa shape index (κ3) is 4.68. The highest BCUT2D eigenvalue weighted by Gasteiger charge is 2.06. The molecule has 0 aliphatic heterocycles. The van der Waals surface area contributed by atoms with Crippen molar-refractivity contribution in [1.82, 2.24) is 15.0 Å². The number of aromatic nitrogens is 3. The Kier molecular flexibility index (Phi) is 6.09. The van der Waals surface area contributed by atoms with Crippen molar-refractivity contribution in [2.75, 3.05) is 42.9 Å². The number of hydrogen-bond donors (Lipinski definition) is 4. The Morgan fingerprint density at radius 1 is 1.11 bits per heavy atom. The topological polar surface area (TPSA) is 112 Å². The third-order valence-corrected chi connectivity index (χ3v) is 2.27. The van der Waals surface area contributed by atoms with Crippen LogP contribution in [0.2, 0.25) is 0 Å². The summed E-state index contributed by atoms with van der Waals surface area (Å²) < 4.78 is 0. The van der Waals surface area contributed by atoms with E-state index in [0.29, 0.717) is 17.8 Å². The highest BCUT2D eigenvalue weighted by molar-refractivity contribution is 5.42. The first-order valence-corrected chi connectivity index (χ1v) is 5.92. The van der Waals surface area contributed by atoms with Crippen LogP contribution < -0.4 is 21.5 Å². The average molecular weight is 255 g/mol. The van der Waals surface area contributed by atoms with E-state index < -0.39 is 0 Å². The predicted octanol–water partition coefficient (Wildman–Crippen LogP) is -0.202. The molecule has 18 heavy (non-hydrogen) atoms. The molecule has 0 aliphatic carbocycles. The maximum Gasteiger partial charge on any atom is 0.243 e. The van der Waals surface area contributed by atoms with Crippen molar-refractivity contribution in [2.45, 2.75) is 19.3 Å². The number of nitrogens with one attached hydrogen (secondary N) is 2. The lowest BCUT2D eigenvalue weighted by molar-refractivity contribution is 0.283. The van der Waals surface area contributed by atoms with Crippen molar-refractivity contribution in [3.8, 4) is 0 Å². The van der Waals surface area contributed by atoms with E-state index >= 15 is 0 Å². The fraction of sp³-hybridized carbons (Fsp3) is 0.700. The minimum absolute atomic E-state index is 0.234. The molecule has 0 bridgehead atoms. The summed E-state index contributed by atoms with van der Waals surface area (Å²) in [6, 6.07) is 0. The van der Waals surface area contributed by atoms with Gasteiger partial charge in [-0.15, -0.1) is 0 Å². The second-order valence-corrected chi connectivity index (χ2v) is 4.03. The molecule has 0 aromatic carbocycles. The first-order chi connectivity index (χ1) is 8.67. The molecule has 8 nitrogen and oxygen atoms in total. The zero-order valence-corrected chi connectivity index (χ0v) is 10.8. The van der Waals surface area contributed by atoms with E-state index in [2.05, 4.69) is 25.7 Å². The first kappa shape index (κ1) is 14.4. The molecule has 0 saturated carbocycles. The maximum absolute atomic E-state index is 8.67. The predicted molar refractivity (Wildman–Crippen MR) is 71.4 cm³/mol. The Morgan fingerprint density at radius 2 is 1.83 bits per heavy atom. The highest BCUT2D eigenvalue weighted by Crippen LogP contribution is 2.10. The van der Waals surface area contributed by atoms with Gasteiger partial charge in [0.15, 0.2) is 0 Å². The number of nitrogens with two attached hydrogens (primary N) is 1. The van der Waals surface area contributed by atoms with Crippen molar-refractivity contribution in [3.05, 3.63) is 0 Å². The molecule has 0 saturated heterocycles. The molecule has 0 amide bonds. The van der Waals surface area contributed by atoms with Gasteiger partial charge in [0, 0.05) is 27.2 Å². The van der Waals surface area contributed by atoms with Crippen molar-refractivity contribution in [1.29, 1.82) is 0 Å². The Balaban J connectivity index is 2.56. The minimum atomic E-state index is 0.234. The molecular formula is C10H21N7O. The van der Waals surface area contributed by atoms with Crippen LogP contribution in [0.25, 0.3) is 0 Å². The molecule has 0 unspecified atom stereocenters. The third-order valence-electron chi connectivity index (χ3n) is 2.27. The van der Waals surface area contributed by atoms with Crippen molar-refractivity contribution >= 4 is 17.8 Å². The summed E-state index contributed by atoms with van der Waals surface area (Å²) >= 11 is 0. The van der Waals surface area contributed by atoms with Gasteiger partial charge in [-0.05, 0) is 19.3 Å². The van der Waals surface area contributed by atoms with Crippen LogP contribution in [0.4, 0.5) is 17.8 Å². The van der Waals surface area contributed by atoms with Gasteiger partial charge < -0.3 is 15.3 Å². The zero-order chi connectivity index (χ0) is 13.4. The van der Waals surface area contributed by atoms with E-state index in [1.54, 1.807) is 4.90 Å². The number of nitrogens with zero attached hydrogens (tertiary/aromatic N) is 4. The second-order valence-electron chi connectivity index (χ2n) is 4.03. The van der Waals surface area contributed by atoms with Crippen LogP contribution >= 0.6 is 0 Å². The molecule has 0 spiro atoms. The molecule has 0 fully saturated rings. The number of aliphatic hydroxyl groups excluding tert-OH is 1. The Labute approximate surface area is 107 Å². The van der Waals surface area contributed by atoms with E-state index in [1.165, 1.54) is 0 Å². The number of hydrazine groups is 1. The quantitative estimate of drug-likeness (QED) is 0.287. The smallest absolute Gasteiger partial charge is 0.243 e. The number of unbranched alkanes of at least 4 members (excludes halogenated alkanes) is 2. The second kappa shape index (κ2) is 7.62. The normalized spacial score (nSPS) is 10.2. The first-order valence-electron chi connectivity index (χ1n) is 5.92. The van der Waals surface area contributed by atoms with Gasteiger partial charge in [-0.2, -0.15) is 15.0 Å². The summed E-state index contributed by atoms with van der Waals surface area (Å²) in [4.78, 5) is 14.2. The van der Waals surface area contributed by atoms with Crippen LogP contribution in [0.15, 0.2) is 0 Å². The van der Waals surface area contributed by atoms with Gasteiger partial charge in [0.1, 0.15) is 0 Å². The molecule has 8 heteroatoms. The summed E-state index contributed by atoms with van der Waals surface area (Å²) in [5, 5.41) is 11.8. The Morgan fingerprint density at radius 3 is 2.44 bits per heavy atom. The van der Waals surface area contributed by atoms with E-state index in [9.17, 15) is 0 Å². The number of aliphatic hydroxyl groups is 1. The summed E-state index contributed by atoms with van der Waals surface area (Å²) in [6.07, 6.45) is 2.74. The van der Waals surface area contributed by atoms with E-state index in [-0.39, 0.29) is 6.61 Å². The van der Waals surface area contributed by atoms with E-state index in [1.807, 2.05) is 14.1 Å². The monoisotopic (exact) mass is 255 g/mol. The Bertz CT molecular complexity index is 358. The van der Waals surface area contributed by atoms with Gasteiger partial charge in [-0.3, -0.25) is 5.43 Å². The van der Waals surface area contributed by atoms with Crippen molar-refractivity contribution < 1.29 is 5.11 Å². The van der Waals surface area contributed by atoms with Crippen LogP contribution in [0.1, 0.15) is 19.3 Å². The molecule has 0 aliphatic rings. The molecule has 1 heterocycles. The lowest BCUT2D eigenvalue weighted by Gasteiger charge is -2.13. The number of nitrogen functional groups attached to an aromatic ring is 1. The standard InChI is InChI=1S/C10H21N7O/c1-17(2)10-14-8(13-9(15-10)16-11)12-6-4-3-5-7-18/h18H,3-7,11H2,1-2H3,(H2,12,13,14,15,16). The SMILES string of the molecule is CN(C)c1nc(NN)nc(NCCCCCO)n1. The maximum atomic E-state index is 8.67. The largest absolute Gasteiger partial charge is 0.396 e. The summed E-state index contributed by atoms with van der Waals surface area (Å²) in [5.74, 6) is 6.66. The molecule has 0 radical (unpaired) electrons. The number of anilines is 3. The zero-order valence-electron chi connectivity index (χ0n) is 10.8. The summed E-state index contributed by atoms with van der Waals surface area (Å²) in [6.45, 7) is 0.985. The average Bonchev–Trinajstić information content (AvgIpc) is 2.38. The van der Waals surface area contributed by atoms with Gasteiger partial charge in [0.25, 0.3) is 0 Å². The van der Waals surface area contributed by atoms with Gasteiger partial charge >= 0.3 is 0 Å². The molecule has 5 N–H and O–H groups in total. The number of hydrogen-bond acceptors (Lipinski definition) is 8.